The van der Waals surface area contributed by atoms with Crippen LogP contribution in [0.3, 0.4) is 0 Å². The largest absolute Gasteiger partial charge is 0.339 e. The van der Waals surface area contributed by atoms with Gasteiger partial charge in [-0.15, -0.1) is 0 Å². The maximum absolute atomic E-state index is 12.4. The van der Waals surface area contributed by atoms with Gasteiger partial charge in [-0.05, 0) is 42.0 Å². The van der Waals surface area contributed by atoms with E-state index in [9.17, 15) is 8.42 Å². The first-order valence-electron chi connectivity index (χ1n) is 7.53. The smallest absolute Gasteiger partial charge is 0.259 e. The summed E-state index contributed by atoms with van der Waals surface area (Å²) in [4.78, 5) is 5.72. The van der Waals surface area contributed by atoms with E-state index >= 15 is 0 Å². The van der Waals surface area contributed by atoms with E-state index in [4.69, 9.17) is 23.2 Å². The van der Waals surface area contributed by atoms with E-state index in [2.05, 4.69) is 9.71 Å². The Kier molecular flexibility index (Phi) is 5.94. The van der Waals surface area contributed by atoms with Crippen molar-refractivity contribution in [2.24, 2.45) is 7.05 Å². The molecule has 0 aliphatic carbocycles. The Bertz CT molecular complexity index is 1020. The molecule has 0 atom stereocenters. The second kappa shape index (κ2) is 8.02. The summed E-state index contributed by atoms with van der Waals surface area (Å²) in [6.45, 7) is 0.0640. The minimum absolute atomic E-state index is 0.0287. The van der Waals surface area contributed by atoms with E-state index in [1.165, 1.54) is 24.3 Å². The summed E-state index contributed by atoms with van der Waals surface area (Å²) < 4.78 is 28.9. The van der Waals surface area contributed by atoms with Crippen molar-refractivity contribution in [1.29, 1.82) is 0 Å². The minimum Gasteiger partial charge on any atom is -0.339 e. The van der Waals surface area contributed by atoms with Crippen LogP contribution in [0.4, 0.5) is 0 Å². The monoisotopic (exact) mass is 427 g/mol. The lowest BCUT2D eigenvalue weighted by Crippen LogP contribution is -2.24. The second-order valence-corrected chi connectivity index (χ2v) is 9.15. The van der Waals surface area contributed by atoms with Crippen LogP contribution in [0.25, 0.3) is 0 Å². The summed E-state index contributed by atoms with van der Waals surface area (Å²) in [5.74, 6) is 0. The van der Waals surface area contributed by atoms with Crippen LogP contribution in [0.5, 0.6) is 0 Å². The molecule has 136 valence electrons. The molecule has 0 fully saturated rings. The second-order valence-electron chi connectivity index (χ2n) is 5.47. The number of hydrogen-bond donors (Lipinski definition) is 1. The number of imidazole rings is 1. The number of aryl methyl sites for hydroxylation is 1. The van der Waals surface area contributed by atoms with Crippen LogP contribution < -0.4 is 4.72 Å². The Hall–Kier alpha value is -1.51. The number of sulfonamides is 1. The molecular formula is C17H15Cl2N3O2S2. The highest BCUT2D eigenvalue weighted by Crippen LogP contribution is 2.34. The molecule has 1 heterocycles. The Morgan fingerprint density at radius 1 is 1.15 bits per heavy atom. The molecule has 3 aromatic rings. The topological polar surface area (TPSA) is 64.0 Å². The molecule has 0 aliphatic heterocycles. The lowest BCUT2D eigenvalue weighted by Gasteiger charge is -2.12. The molecule has 0 saturated carbocycles. The van der Waals surface area contributed by atoms with E-state index in [0.29, 0.717) is 15.6 Å². The molecule has 1 N–H and O–H groups in total. The lowest BCUT2D eigenvalue weighted by atomic mass is 10.2. The summed E-state index contributed by atoms with van der Waals surface area (Å²) in [7, 11) is -2.01. The molecule has 0 saturated heterocycles. The number of nitrogens with zero attached hydrogens (tertiary/aromatic N) is 2. The molecule has 26 heavy (non-hydrogen) atoms. The van der Waals surface area contributed by atoms with Gasteiger partial charge in [0, 0.05) is 39.6 Å². The molecule has 0 aliphatic rings. The number of halogens is 2. The predicted octanol–water partition coefficient (Wildman–Crippen LogP) is 4.36. The van der Waals surface area contributed by atoms with E-state index < -0.39 is 10.0 Å². The van der Waals surface area contributed by atoms with Gasteiger partial charge in [0.15, 0.2) is 5.03 Å². The Balaban J connectivity index is 1.82. The summed E-state index contributed by atoms with van der Waals surface area (Å²) in [5.41, 5.74) is 0.702. The Labute approximate surface area is 166 Å². The maximum Gasteiger partial charge on any atom is 0.259 e. The SMILES string of the molecule is Cn1cnc(S(=O)(=O)NCc2c(Cl)cccc2Sc2ccc(Cl)cc2)c1. The fourth-order valence-corrected chi connectivity index (χ4v) is 4.58. The molecule has 5 nitrogen and oxygen atoms in total. The fourth-order valence-electron chi connectivity index (χ4n) is 2.20. The normalized spacial score (nSPS) is 11.7. The minimum atomic E-state index is -3.72. The van der Waals surface area contributed by atoms with E-state index in [1.807, 2.05) is 24.3 Å². The number of rotatable bonds is 6. The lowest BCUT2D eigenvalue weighted by molar-refractivity contribution is 0.577. The number of benzene rings is 2. The third kappa shape index (κ3) is 4.61. The van der Waals surface area contributed by atoms with Crippen LogP contribution in [0.1, 0.15) is 5.56 Å². The quantitative estimate of drug-likeness (QED) is 0.634. The number of aromatic nitrogens is 2. The molecule has 2 aromatic carbocycles. The third-order valence-electron chi connectivity index (χ3n) is 3.51. The van der Waals surface area contributed by atoms with Crippen molar-refractivity contribution in [3.63, 3.8) is 0 Å². The van der Waals surface area contributed by atoms with Gasteiger partial charge in [0.25, 0.3) is 10.0 Å². The average molecular weight is 428 g/mol. The zero-order valence-electron chi connectivity index (χ0n) is 13.7. The molecule has 0 unspecified atom stereocenters. The molecule has 0 radical (unpaired) electrons. The van der Waals surface area contributed by atoms with Crippen molar-refractivity contribution in [2.75, 3.05) is 0 Å². The van der Waals surface area contributed by atoms with Gasteiger partial charge >= 0.3 is 0 Å². The fraction of sp³-hybridized carbons (Fsp3) is 0.118. The highest BCUT2D eigenvalue weighted by molar-refractivity contribution is 7.99. The predicted molar refractivity (Wildman–Crippen MR) is 104 cm³/mol. The van der Waals surface area contributed by atoms with E-state index in [0.717, 1.165) is 9.79 Å². The van der Waals surface area contributed by atoms with E-state index in [-0.39, 0.29) is 11.6 Å². The van der Waals surface area contributed by atoms with Crippen LogP contribution in [0.2, 0.25) is 10.0 Å². The highest BCUT2D eigenvalue weighted by atomic mass is 35.5. The first-order chi connectivity index (χ1) is 12.3. The van der Waals surface area contributed by atoms with Crippen molar-refractivity contribution in [2.45, 2.75) is 21.4 Å². The van der Waals surface area contributed by atoms with Crippen LogP contribution >= 0.6 is 35.0 Å². The standard InChI is InChI=1S/C17H15Cl2N3O2S2/c1-22-10-17(20-11-22)26(23,24)21-9-14-15(19)3-2-4-16(14)25-13-7-5-12(18)6-8-13/h2-8,10-11,21H,9H2,1H3. The number of nitrogens with one attached hydrogen (secondary N) is 1. The van der Waals surface area contributed by atoms with Gasteiger partial charge in [0.2, 0.25) is 0 Å². The van der Waals surface area contributed by atoms with E-state index in [1.54, 1.807) is 29.8 Å². The first-order valence-corrected chi connectivity index (χ1v) is 10.6. The average Bonchev–Trinajstić information content (AvgIpc) is 3.04. The highest BCUT2D eigenvalue weighted by Gasteiger charge is 2.18. The molecule has 1 aromatic heterocycles. The van der Waals surface area contributed by atoms with Crippen LogP contribution in [0, 0.1) is 0 Å². The first kappa shape index (κ1) is 19.3. The summed E-state index contributed by atoms with van der Waals surface area (Å²) in [6, 6.07) is 12.9. The van der Waals surface area contributed by atoms with Gasteiger partial charge in [0.05, 0.1) is 6.33 Å². The molecule has 0 amide bonds. The maximum atomic E-state index is 12.4. The summed E-state index contributed by atoms with van der Waals surface area (Å²) in [5, 5.41) is 1.12. The Morgan fingerprint density at radius 3 is 2.54 bits per heavy atom. The summed E-state index contributed by atoms with van der Waals surface area (Å²) >= 11 is 13.7. The van der Waals surface area contributed by atoms with Gasteiger partial charge in [-0.2, -0.15) is 0 Å². The van der Waals surface area contributed by atoms with Gasteiger partial charge in [-0.1, -0.05) is 41.0 Å². The molecule has 0 spiro atoms. The van der Waals surface area contributed by atoms with Crippen LogP contribution in [-0.2, 0) is 23.6 Å². The third-order valence-corrected chi connectivity index (χ3v) is 6.52. The van der Waals surface area contributed by atoms with Gasteiger partial charge in [-0.3, -0.25) is 0 Å². The molecule has 0 bridgehead atoms. The molecular weight excluding hydrogens is 413 g/mol. The van der Waals surface area contributed by atoms with Crippen molar-refractivity contribution in [1.82, 2.24) is 14.3 Å². The van der Waals surface area contributed by atoms with Crippen molar-refractivity contribution in [3.8, 4) is 0 Å². The summed E-state index contributed by atoms with van der Waals surface area (Å²) in [6.07, 6.45) is 2.88. The van der Waals surface area contributed by atoms with Crippen LogP contribution in [-0.4, -0.2) is 18.0 Å². The van der Waals surface area contributed by atoms with Gasteiger partial charge in [0.1, 0.15) is 0 Å². The molecule has 3 rings (SSSR count). The van der Waals surface area contributed by atoms with Gasteiger partial charge < -0.3 is 4.57 Å². The van der Waals surface area contributed by atoms with Crippen molar-refractivity contribution in [3.05, 3.63) is 70.6 Å². The zero-order chi connectivity index (χ0) is 18.7. The molecule has 9 heteroatoms. The van der Waals surface area contributed by atoms with Crippen molar-refractivity contribution < 1.29 is 8.42 Å². The van der Waals surface area contributed by atoms with Crippen LogP contribution in [0.15, 0.2) is 69.8 Å². The number of hydrogen-bond acceptors (Lipinski definition) is 4. The van der Waals surface area contributed by atoms with Crippen molar-refractivity contribution >= 4 is 45.0 Å². The Morgan fingerprint density at radius 2 is 1.88 bits per heavy atom. The van der Waals surface area contributed by atoms with Gasteiger partial charge in [-0.25, -0.2) is 18.1 Å². The zero-order valence-corrected chi connectivity index (χ0v) is 16.8.